The Morgan fingerprint density at radius 1 is 1.38 bits per heavy atom. The number of nitrogens with zero attached hydrogens (tertiary/aromatic N) is 5. The molecule has 4 heterocycles. The summed E-state index contributed by atoms with van der Waals surface area (Å²) in [6.45, 7) is 6.04. The molecule has 8 nitrogen and oxygen atoms in total. The summed E-state index contributed by atoms with van der Waals surface area (Å²) in [5.41, 5.74) is 2.04. The predicted molar refractivity (Wildman–Crippen MR) is 85.2 cm³/mol. The Hall–Kier alpha value is -2.22. The van der Waals surface area contributed by atoms with Gasteiger partial charge in [0.15, 0.2) is 0 Å². The molecular weight excluding hydrogens is 308 g/mol. The van der Waals surface area contributed by atoms with E-state index >= 15 is 0 Å². The number of aromatic nitrogens is 5. The van der Waals surface area contributed by atoms with Crippen molar-refractivity contribution in [3.8, 4) is 0 Å². The molecule has 24 heavy (non-hydrogen) atoms. The zero-order valence-electron chi connectivity index (χ0n) is 14.1. The molecule has 1 spiro atoms. The molecule has 0 unspecified atom stereocenters. The van der Waals surface area contributed by atoms with Gasteiger partial charge < -0.3 is 9.64 Å². The van der Waals surface area contributed by atoms with E-state index in [1.807, 2.05) is 24.9 Å². The molecule has 0 aliphatic carbocycles. The van der Waals surface area contributed by atoms with E-state index in [1.165, 1.54) is 5.56 Å². The van der Waals surface area contributed by atoms with E-state index in [0.29, 0.717) is 18.9 Å². The first-order chi connectivity index (χ1) is 11.6. The molecule has 0 radical (unpaired) electrons. The largest absolute Gasteiger partial charge is 0.368 e. The van der Waals surface area contributed by atoms with Crippen LogP contribution in [0.25, 0.3) is 0 Å². The van der Waals surface area contributed by atoms with Crippen molar-refractivity contribution in [2.75, 3.05) is 19.7 Å². The number of carbonyl (C=O) groups excluding carboxylic acids is 1. The highest BCUT2D eigenvalue weighted by atomic mass is 16.5. The molecule has 0 bridgehead atoms. The number of hydrogen-bond donors (Lipinski definition) is 1. The summed E-state index contributed by atoms with van der Waals surface area (Å²) in [5.74, 6) is 1.55. The molecule has 2 aliphatic heterocycles. The van der Waals surface area contributed by atoms with Crippen molar-refractivity contribution in [3.63, 3.8) is 0 Å². The van der Waals surface area contributed by atoms with E-state index < -0.39 is 0 Å². The SMILES string of the molecule is Cc1nc(C)n(CC(=O)N2CCC3(CC2)OCCc2cn[nH]c23)n1. The minimum atomic E-state index is -0.305. The molecule has 8 heteroatoms. The maximum atomic E-state index is 12.6. The Balaban J connectivity index is 1.43. The molecule has 4 rings (SSSR count). The quantitative estimate of drug-likeness (QED) is 0.876. The van der Waals surface area contributed by atoms with E-state index in [1.54, 1.807) is 4.68 Å². The second-order valence-electron chi connectivity index (χ2n) is 6.61. The smallest absolute Gasteiger partial charge is 0.244 e. The molecular formula is C16H22N6O2. The average Bonchev–Trinajstić information content (AvgIpc) is 3.16. The fourth-order valence-corrected chi connectivity index (χ4v) is 3.77. The van der Waals surface area contributed by atoms with Gasteiger partial charge in [0.1, 0.15) is 23.8 Å². The third-order valence-electron chi connectivity index (χ3n) is 5.09. The van der Waals surface area contributed by atoms with Gasteiger partial charge in [0.05, 0.1) is 18.5 Å². The molecule has 1 fully saturated rings. The number of rotatable bonds is 2. The number of likely N-dealkylation sites (tertiary alicyclic amines) is 1. The van der Waals surface area contributed by atoms with Crippen LogP contribution in [-0.2, 0) is 28.1 Å². The number of piperidine rings is 1. The second-order valence-corrected chi connectivity index (χ2v) is 6.61. The maximum absolute atomic E-state index is 12.6. The monoisotopic (exact) mass is 330 g/mol. The maximum Gasteiger partial charge on any atom is 0.244 e. The summed E-state index contributed by atoms with van der Waals surface area (Å²) in [7, 11) is 0. The van der Waals surface area contributed by atoms with Crippen LogP contribution >= 0.6 is 0 Å². The van der Waals surface area contributed by atoms with Crippen LogP contribution in [0.5, 0.6) is 0 Å². The van der Waals surface area contributed by atoms with Gasteiger partial charge in [-0.3, -0.25) is 9.89 Å². The normalized spacial score (nSPS) is 19.5. The summed E-state index contributed by atoms with van der Waals surface area (Å²) in [6.07, 6.45) is 4.39. The fraction of sp³-hybridized carbons (Fsp3) is 0.625. The van der Waals surface area contributed by atoms with Crippen LogP contribution in [0.2, 0.25) is 0 Å². The van der Waals surface area contributed by atoms with Crippen LogP contribution in [0.3, 0.4) is 0 Å². The van der Waals surface area contributed by atoms with Gasteiger partial charge in [0, 0.05) is 13.1 Å². The number of nitrogens with one attached hydrogen (secondary N) is 1. The summed E-state index contributed by atoms with van der Waals surface area (Å²) >= 11 is 0. The third kappa shape index (κ3) is 2.50. The number of aryl methyl sites for hydroxylation is 2. The summed E-state index contributed by atoms with van der Waals surface area (Å²) in [4.78, 5) is 18.7. The van der Waals surface area contributed by atoms with Crippen LogP contribution in [0.4, 0.5) is 0 Å². The number of aromatic amines is 1. The van der Waals surface area contributed by atoms with Crippen molar-refractivity contribution in [2.45, 2.75) is 45.3 Å². The van der Waals surface area contributed by atoms with E-state index in [0.717, 1.165) is 37.4 Å². The summed E-state index contributed by atoms with van der Waals surface area (Å²) < 4.78 is 7.80. The van der Waals surface area contributed by atoms with Crippen molar-refractivity contribution in [3.05, 3.63) is 29.1 Å². The fourth-order valence-electron chi connectivity index (χ4n) is 3.77. The van der Waals surface area contributed by atoms with E-state index in [2.05, 4.69) is 20.3 Å². The van der Waals surface area contributed by atoms with Gasteiger partial charge in [0.25, 0.3) is 0 Å². The zero-order chi connectivity index (χ0) is 16.7. The van der Waals surface area contributed by atoms with Gasteiger partial charge in [-0.25, -0.2) is 9.67 Å². The Bertz CT molecular complexity index is 756. The molecule has 2 aliphatic rings. The summed E-state index contributed by atoms with van der Waals surface area (Å²) in [6, 6.07) is 0. The van der Waals surface area contributed by atoms with Crippen molar-refractivity contribution in [2.24, 2.45) is 0 Å². The molecule has 1 N–H and O–H groups in total. The highest BCUT2D eigenvalue weighted by molar-refractivity contribution is 5.76. The number of carbonyl (C=O) groups is 1. The topological polar surface area (TPSA) is 88.9 Å². The molecule has 2 aromatic rings. The first-order valence-electron chi connectivity index (χ1n) is 8.40. The summed E-state index contributed by atoms with van der Waals surface area (Å²) in [5, 5.41) is 11.6. The highest BCUT2D eigenvalue weighted by Gasteiger charge is 2.43. The minimum absolute atomic E-state index is 0.0819. The molecule has 1 saturated heterocycles. The highest BCUT2D eigenvalue weighted by Crippen LogP contribution is 2.40. The van der Waals surface area contributed by atoms with Gasteiger partial charge in [-0.2, -0.15) is 10.2 Å². The van der Waals surface area contributed by atoms with Crippen molar-refractivity contribution in [1.29, 1.82) is 0 Å². The van der Waals surface area contributed by atoms with Crippen LogP contribution in [0.1, 0.15) is 35.7 Å². The molecule has 1 amide bonds. The Morgan fingerprint density at radius 2 is 2.17 bits per heavy atom. The van der Waals surface area contributed by atoms with Crippen LogP contribution < -0.4 is 0 Å². The molecule has 128 valence electrons. The number of hydrogen-bond acceptors (Lipinski definition) is 5. The Labute approximate surface area is 140 Å². The second kappa shape index (κ2) is 5.70. The Morgan fingerprint density at radius 3 is 2.88 bits per heavy atom. The number of amides is 1. The predicted octanol–water partition coefficient (Wildman–Crippen LogP) is 0.709. The third-order valence-corrected chi connectivity index (χ3v) is 5.09. The molecule has 0 aromatic carbocycles. The zero-order valence-corrected chi connectivity index (χ0v) is 14.1. The van der Waals surface area contributed by atoms with Gasteiger partial charge in [-0.15, -0.1) is 0 Å². The van der Waals surface area contributed by atoms with Crippen LogP contribution in [-0.4, -0.2) is 55.5 Å². The number of ether oxygens (including phenoxy) is 1. The van der Waals surface area contributed by atoms with Crippen molar-refractivity contribution >= 4 is 5.91 Å². The minimum Gasteiger partial charge on any atom is -0.368 e. The first kappa shape index (κ1) is 15.3. The lowest BCUT2D eigenvalue weighted by atomic mass is 9.84. The van der Waals surface area contributed by atoms with Gasteiger partial charge in [-0.05, 0) is 38.7 Å². The van der Waals surface area contributed by atoms with Crippen molar-refractivity contribution < 1.29 is 9.53 Å². The lowest BCUT2D eigenvalue weighted by Crippen LogP contribution is -2.49. The average molecular weight is 330 g/mol. The van der Waals surface area contributed by atoms with E-state index in [-0.39, 0.29) is 18.1 Å². The first-order valence-corrected chi connectivity index (χ1v) is 8.40. The van der Waals surface area contributed by atoms with Gasteiger partial charge in [-0.1, -0.05) is 0 Å². The molecule has 2 aromatic heterocycles. The lowest BCUT2D eigenvalue weighted by Gasteiger charge is -2.43. The van der Waals surface area contributed by atoms with Gasteiger partial charge >= 0.3 is 0 Å². The number of H-pyrrole nitrogens is 1. The van der Waals surface area contributed by atoms with Crippen molar-refractivity contribution in [1.82, 2.24) is 29.9 Å². The number of fused-ring (bicyclic) bond motifs is 2. The van der Waals surface area contributed by atoms with Gasteiger partial charge in [0.2, 0.25) is 5.91 Å². The standard InChI is InChI=1S/C16H22N6O2/c1-11-18-12(2)22(20-11)10-14(23)21-6-4-16(5-7-21)15-13(3-8-24-16)9-17-19-15/h9H,3-8,10H2,1-2H3,(H,17,19). The Kier molecular flexibility index (Phi) is 3.64. The van der Waals surface area contributed by atoms with Crippen LogP contribution in [0, 0.1) is 13.8 Å². The molecule has 0 atom stereocenters. The lowest BCUT2D eigenvalue weighted by molar-refractivity contribution is -0.142. The van der Waals surface area contributed by atoms with E-state index in [4.69, 9.17) is 4.74 Å². The van der Waals surface area contributed by atoms with Crippen LogP contribution in [0.15, 0.2) is 6.20 Å². The molecule has 0 saturated carbocycles. The van der Waals surface area contributed by atoms with E-state index in [9.17, 15) is 4.79 Å².